The molecule has 0 atom stereocenters. The van der Waals surface area contributed by atoms with E-state index in [-0.39, 0.29) is 13.2 Å². The molecule has 144 valence electrons. The van der Waals surface area contributed by atoms with Crippen molar-refractivity contribution in [3.05, 3.63) is 95.8 Å². The van der Waals surface area contributed by atoms with Crippen molar-refractivity contribution in [1.82, 2.24) is 9.97 Å². The van der Waals surface area contributed by atoms with Crippen LogP contribution < -0.4 is 10.5 Å². The molecular formula is C23H19N3O3. The molecule has 3 aromatic carbocycles. The summed E-state index contributed by atoms with van der Waals surface area (Å²) < 4.78 is 11.2. The third-order valence-electron chi connectivity index (χ3n) is 4.39. The Labute approximate surface area is 167 Å². The SMILES string of the molecule is Nc1nc(COC(=O)c2ccccc2COc2ccccc2)nc2ccccc12. The maximum atomic E-state index is 12.6. The Morgan fingerprint density at radius 3 is 2.41 bits per heavy atom. The summed E-state index contributed by atoms with van der Waals surface area (Å²) in [6.45, 7) is 0.191. The van der Waals surface area contributed by atoms with Crippen LogP contribution in [-0.4, -0.2) is 15.9 Å². The number of rotatable bonds is 6. The maximum absolute atomic E-state index is 12.6. The molecule has 29 heavy (non-hydrogen) atoms. The first-order valence-corrected chi connectivity index (χ1v) is 9.15. The zero-order chi connectivity index (χ0) is 20.1. The molecule has 0 saturated carbocycles. The minimum atomic E-state index is -0.465. The summed E-state index contributed by atoms with van der Waals surface area (Å²) in [6.07, 6.45) is 0. The number of hydrogen-bond acceptors (Lipinski definition) is 6. The van der Waals surface area contributed by atoms with Crippen LogP contribution >= 0.6 is 0 Å². The van der Waals surface area contributed by atoms with Gasteiger partial charge in [0.1, 0.15) is 18.2 Å². The van der Waals surface area contributed by atoms with Gasteiger partial charge in [-0.2, -0.15) is 0 Å². The number of anilines is 1. The topological polar surface area (TPSA) is 87.3 Å². The molecule has 0 fully saturated rings. The molecule has 2 N–H and O–H groups in total. The van der Waals surface area contributed by atoms with Crippen LogP contribution in [0.3, 0.4) is 0 Å². The predicted octanol–water partition coefficient (Wildman–Crippen LogP) is 4.15. The van der Waals surface area contributed by atoms with E-state index in [0.717, 1.165) is 16.7 Å². The van der Waals surface area contributed by atoms with E-state index in [0.29, 0.717) is 22.7 Å². The lowest BCUT2D eigenvalue weighted by atomic mass is 10.1. The van der Waals surface area contributed by atoms with Crippen molar-refractivity contribution in [2.45, 2.75) is 13.2 Å². The molecule has 1 heterocycles. The Morgan fingerprint density at radius 2 is 1.55 bits per heavy atom. The largest absolute Gasteiger partial charge is 0.489 e. The summed E-state index contributed by atoms with van der Waals surface area (Å²) in [5.74, 6) is 0.981. The van der Waals surface area contributed by atoms with Gasteiger partial charge in [-0.25, -0.2) is 14.8 Å². The lowest BCUT2D eigenvalue weighted by Gasteiger charge is -2.11. The number of esters is 1. The standard InChI is InChI=1S/C23H19N3O3/c24-22-19-12-6-7-13-20(19)25-21(26-22)15-29-23(27)18-11-5-4-8-16(18)14-28-17-9-2-1-3-10-17/h1-13H,14-15H2,(H2,24,25,26). The van der Waals surface area contributed by atoms with E-state index >= 15 is 0 Å². The van der Waals surface area contributed by atoms with Crippen LogP contribution in [0.4, 0.5) is 5.82 Å². The average molecular weight is 385 g/mol. The van der Waals surface area contributed by atoms with E-state index in [1.807, 2.05) is 66.7 Å². The average Bonchev–Trinajstić information content (AvgIpc) is 2.77. The summed E-state index contributed by atoms with van der Waals surface area (Å²) in [4.78, 5) is 21.3. The number of fused-ring (bicyclic) bond motifs is 1. The van der Waals surface area contributed by atoms with Crippen molar-refractivity contribution in [1.29, 1.82) is 0 Å². The number of nitrogens with two attached hydrogens (primary N) is 1. The molecule has 4 rings (SSSR count). The molecular weight excluding hydrogens is 366 g/mol. The third kappa shape index (κ3) is 4.32. The van der Waals surface area contributed by atoms with Crippen molar-refractivity contribution in [3.8, 4) is 5.75 Å². The van der Waals surface area contributed by atoms with E-state index < -0.39 is 5.97 Å². The van der Waals surface area contributed by atoms with Crippen molar-refractivity contribution in [3.63, 3.8) is 0 Å². The van der Waals surface area contributed by atoms with E-state index in [4.69, 9.17) is 15.2 Å². The molecule has 0 aliphatic rings. The summed E-state index contributed by atoms with van der Waals surface area (Å²) >= 11 is 0. The third-order valence-corrected chi connectivity index (χ3v) is 4.39. The van der Waals surface area contributed by atoms with Crippen LogP contribution in [0.25, 0.3) is 10.9 Å². The lowest BCUT2D eigenvalue weighted by molar-refractivity contribution is 0.0459. The molecule has 6 nitrogen and oxygen atoms in total. The highest BCUT2D eigenvalue weighted by Gasteiger charge is 2.14. The van der Waals surface area contributed by atoms with Crippen molar-refractivity contribution in [2.75, 3.05) is 5.73 Å². The number of para-hydroxylation sites is 2. The van der Waals surface area contributed by atoms with Gasteiger partial charge >= 0.3 is 5.97 Å². The minimum absolute atomic E-state index is 0.0677. The number of nitrogen functional groups attached to an aromatic ring is 1. The summed E-state index contributed by atoms with van der Waals surface area (Å²) in [6, 6.07) is 24.1. The Bertz CT molecular complexity index is 1150. The Balaban J connectivity index is 1.46. The summed E-state index contributed by atoms with van der Waals surface area (Å²) in [5.41, 5.74) is 7.87. The zero-order valence-corrected chi connectivity index (χ0v) is 15.6. The van der Waals surface area contributed by atoms with E-state index in [1.165, 1.54) is 0 Å². The second kappa shape index (κ2) is 8.39. The number of benzene rings is 3. The van der Waals surface area contributed by atoms with Gasteiger partial charge < -0.3 is 15.2 Å². The molecule has 0 saturated heterocycles. The van der Waals surface area contributed by atoms with E-state index in [1.54, 1.807) is 12.1 Å². The maximum Gasteiger partial charge on any atom is 0.338 e. The van der Waals surface area contributed by atoms with Gasteiger partial charge in [0.15, 0.2) is 12.4 Å². The van der Waals surface area contributed by atoms with Gasteiger partial charge in [0.2, 0.25) is 0 Å². The van der Waals surface area contributed by atoms with E-state index in [2.05, 4.69) is 9.97 Å². The number of hydrogen-bond donors (Lipinski definition) is 1. The highest BCUT2D eigenvalue weighted by atomic mass is 16.5. The van der Waals surface area contributed by atoms with Gasteiger partial charge in [-0.3, -0.25) is 0 Å². The molecule has 4 aromatic rings. The van der Waals surface area contributed by atoms with Crippen LogP contribution in [-0.2, 0) is 18.0 Å². The van der Waals surface area contributed by atoms with Crippen molar-refractivity contribution >= 4 is 22.7 Å². The summed E-state index contributed by atoms with van der Waals surface area (Å²) in [5, 5.41) is 0.769. The monoisotopic (exact) mass is 385 g/mol. The fourth-order valence-corrected chi connectivity index (χ4v) is 2.95. The van der Waals surface area contributed by atoms with Crippen LogP contribution in [0, 0.1) is 0 Å². The van der Waals surface area contributed by atoms with Gasteiger partial charge in [0.25, 0.3) is 0 Å². The number of carbonyl (C=O) groups excluding carboxylic acids is 1. The quantitative estimate of drug-likeness (QED) is 0.502. The Morgan fingerprint density at radius 1 is 0.828 bits per heavy atom. The van der Waals surface area contributed by atoms with Crippen molar-refractivity contribution in [2.24, 2.45) is 0 Å². The summed E-state index contributed by atoms with van der Waals surface area (Å²) in [7, 11) is 0. The van der Waals surface area contributed by atoms with Gasteiger partial charge in [0, 0.05) is 10.9 Å². The molecule has 0 amide bonds. The molecule has 0 spiro atoms. The molecule has 0 aliphatic carbocycles. The predicted molar refractivity (Wildman–Crippen MR) is 110 cm³/mol. The first-order valence-electron chi connectivity index (χ1n) is 9.15. The molecule has 0 unspecified atom stereocenters. The van der Waals surface area contributed by atoms with Crippen molar-refractivity contribution < 1.29 is 14.3 Å². The minimum Gasteiger partial charge on any atom is -0.489 e. The molecule has 0 radical (unpaired) electrons. The zero-order valence-electron chi connectivity index (χ0n) is 15.6. The smallest absolute Gasteiger partial charge is 0.338 e. The second-order valence-electron chi connectivity index (χ2n) is 6.38. The van der Waals surface area contributed by atoms with Gasteiger partial charge in [-0.15, -0.1) is 0 Å². The highest BCUT2D eigenvalue weighted by Crippen LogP contribution is 2.19. The van der Waals surface area contributed by atoms with Gasteiger partial charge in [-0.05, 0) is 30.3 Å². The lowest BCUT2D eigenvalue weighted by Crippen LogP contribution is -2.12. The van der Waals surface area contributed by atoms with Crippen LogP contribution in [0.15, 0.2) is 78.9 Å². The Kier molecular flexibility index (Phi) is 5.33. The fraction of sp³-hybridized carbons (Fsp3) is 0.0870. The first kappa shape index (κ1) is 18.4. The second-order valence-corrected chi connectivity index (χ2v) is 6.38. The van der Waals surface area contributed by atoms with Crippen LogP contribution in [0.1, 0.15) is 21.7 Å². The van der Waals surface area contributed by atoms with Gasteiger partial charge in [0.05, 0.1) is 11.1 Å². The van der Waals surface area contributed by atoms with Crippen LogP contribution in [0.2, 0.25) is 0 Å². The first-order chi connectivity index (χ1) is 14.2. The molecule has 1 aromatic heterocycles. The molecule has 0 bridgehead atoms. The fourth-order valence-electron chi connectivity index (χ4n) is 2.95. The van der Waals surface area contributed by atoms with E-state index in [9.17, 15) is 4.79 Å². The number of nitrogens with zero attached hydrogens (tertiary/aromatic N) is 2. The number of aromatic nitrogens is 2. The molecule has 0 aliphatic heterocycles. The normalized spacial score (nSPS) is 10.6. The Hall–Kier alpha value is -3.93. The number of carbonyl (C=O) groups is 1. The highest BCUT2D eigenvalue weighted by molar-refractivity contribution is 5.91. The number of ether oxygens (including phenoxy) is 2. The molecule has 6 heteroatoms. The van der Waals surface area contributed by atoms with Gasteiger partial charge in [-0.1, -0.05) is 48.5 Å². The van der Waals surface area contributed by atoms with Crippen LogP contribution in [0.5, 0.6) is 5.75 Å².